The van der Waals surface area contributed by atoms with E-state index in [0.717, 1.165) is 34.5 Å². The minimum absolute atomic E-state index is 0.0626. The fraction of sp³-hybridized carbons (Fsp3) is 0.450. The Morgan fingerprint density at radius 1 is 1.33 bits per heavy atom. The highest BCUT2D eigenvalue weighted by atomic mass is 35.5. The molecule has 3 rings (SSSR count). The molecule has 3 amide bonds. The zero-order valence-corrected chi connectivity index (χ0v) is 18.3. The SMILES string of the molecule is COC(CN(C(N)=O)c1c2c(nn1-c1cc(C)c(Cl)c(C)c1)CCN(C=O)C2)OC. The second kappa shape index (κ2) is 9.03. The van der Waals surface area contributed by atoms with Crippen LogP contribution in [0.1, 0.15) is 22.4 Å². The molecule has 0 spiro atoms. The van der Waals surface area contributed by atoms with Gasteiger partial charge in [0.25, 0.3) is 0 Å². The van der Waals surface area contributed by atoms with E-state index >= 15 is 0 Å². The summed E-state index contributed by atoms with van der Waals surface area (Å²) in [6.45, 7) is 4.77. The Bertz CT molecular complexity index is 934. The van der Waals surface area contributed by atoms with Gasteiger partial charge in [0.2, 0.25) is 6.41 Å². The van der Waals surface area contributed by atoms with E-state index in [2.05, 4.69) is 0 Å². The lowest BCUT2D eigenvalue weighted by molar-refractivity contribution is -0.118. The number of hydrogen-bond donors (Lipinski definition) is 1. The monoisotopic (exact) mass is 435 g/mol. The highest BCUT2D eigenvalue weighted by molar-refractivity contribution is 6.32. The van der Waals surface area contributed by atoms with Crippen molar-refractivity contribution >= 4 is 29.9 Å². The molecule has 2 N–H and O–H groups in total. The molecule has 1 aromatic heterocycles. The molecule has 0 fully saturated rings. The number of nitrogens with zero attached hydrogens (tertiary/aromatic N) is 4. The zero-order chi connectivity index (χ0) is 22.0. The largest absolute Gasteiger partial charge is 0.354 e. The second-order valence-electron chi connectivity index (χ2n) is 7.23. The minimum atomic E-state index is -0.684. The molecule has 10 heteroatoms. The van der Waals surface area contributed by atoms with Gasteiger partial charge >= 0.3 is 6.03 Å². The van der Waals surface area contributed by atoms with Crippen molar-refractivity contribution in [3.8, 4) is 5.69 Å². The van der Waals surface area contributed by atoms with Gasteiger partial charge in [-0.3, -0.25) is 9.69 Å². The maximum atomic E-state index is 12.5. The number of fused-ring (bicyclic) bond motifs is 1. The van der Waals surface area contributed by atoms with Gasteiger partial charge < -0.3 is 20.1 Å². The molecule has 0 aliphatic carbocycles. The van der Waals surface area contributed by atoms with Crippen LogP contribution in [-0.2, 0) is 27.2 Å². The molecule has 0 atom stereocenters. The highest BCUT2D eigenvalue weighted by Gasteiger charge is 2.31. The number of halogens is 1. The predicted octanol–water partition coefficient (Wildman–Crippen LogP) is 2.16. The Kier molecular flexibility index (Phi) is 6.64. The van der Waals surface area contributed by atoms with E-state index in [1.165, 1.54) is 19.1 Å². The first-order chi connectivity index (χ1) is 14.3. The Balaban J connectivity index is 2.21. The van der Waals surface area contributed by atoms with Gasteiger partial charge in [0.05, 0.1) is 24.5 Å². The summed E-state index contributed by atoms with van der Waals surface area (Å²) >= 11 is 6.34. The van der Waals surface area contributed by atoms with Crippen LogP contribution >= 0.6 is 11.6 Å². The van der Waals surface area contributed by atoms with Crippen LogP contribution in [0.15, 0.2) is 12.1 Å². The van der Waals surface area contributed by atoms with E-state index in [0.29, 0.717) is 30.4 Å². The number of ether oxygens (including phenoxy) is 2. The number of rotatable bonds is 7. The Morgan fingerprint density at radius 3 is 2.50 bits per heavy atom. The van der Waals surface area contributed by atoms with Crippen molar-refractivity contribution in [3.63, 3.8) is 0 Å². The summed E-state index contributed by atoms with van der Waals surface area (Å²) < 4.78 is 12.2. The number of anilines is 1. The number of urea groups is 1. The van der Waals surface area contributed by atoms with Gasteiger partial charge in [-0.2, -0.15) is 5.10 Å². The Labute approximate surface area is 180 Å². The number of methoxy groups -OCH3 is 2. The first-order valence-electron chi connectivity index (χ1n) is 9.50. The first kappa shape index (κ1) is 22.1. The molecule has 2 heterocycles. The third-order valence-corrected chi connectivity index (χ3v) is 5.83. The molecule has 1 aromatic carbocycles. The number of amides is 3. The fourth-order valence-corrected chi connectivity index (χ4v) is 3.76. The number of nitrogens with two attached hydrogens (primary N) is 1. The van der Waals surface area contributed by atoms with Gasteiger partial charge in [-0.1, -0.05) is 11.6 Å². The van der Waals surface area contributed by atoms with E-state index in [-0.39, 0.29) is 6.54 Å². The van der Waals surface area contributed by atoms with Gasteiger partial charge in [-0.25, -0.2) is 9.48 Å². The molecule has 0 saturated carbocycles. The zero-order valence-electron chi connectivity index (χ0n) is 17.5. The van der Waals surface area contributed by atoms with Crippen LogP contribution in [0.25, 0.3) is 5.69 Å². The van der Waals surface area contributed by atoms with Gasteiger partial charge in [-0.05, 0) is 37.1 Å². The first-order valence-corrected chi connectivity index (χ1v) is 9.88. The number of aryl methyl sites for hydroxylation is 2. The smallest absolute Gasteiger partial charge is 0.320 e. The van der Waals surface area contributed by atoms with Gasteiger partial charge in [0.1, 0.15) is 5.82 Å². The maximum Gasteiger partial charge on any atom is 0.320 e. The summed E-state index contributed by atoms with van der Waals surface area (Å²) in [5, 5.41) is 5.44. The summed E-state index contributed by atoms with van der Waals surface area (Å²) in [5.74, 6) is 0.490. The Hall–Kier alpha value is -2.62. The van der Waals surface area contributed by atoms with E-state index < -0.39 is 12.3 Å². The molecule has 9 nitrogen and oxygen atoms in total. The van der Waals surface area contributed by atoms with Crippen molar-refractivity contribution in [1.82, 2.24) is 14.7 Å². The van der Waals surface area contributed by atoms with Gasteiger partial charge in [-0.15, -0.1) is 0 Å². The second-order valence-corrected chi connectivity index (χ2v) is 7.61. The molecule has 2 aromatic rings. The molecule has 0 bridgehead atoms. The maximum absolute atomic E-state index is 12.5. The summed E-state index contributed by atoms with van der Waals surface area (Å²) in [5.41, 5.74) is 9.84. The molecule has 0 saturated heterocycles. The summed E-state index contributed by atoms with van der Waals surface area (Å²) in [6.07, 6.45) is 0.683. The van der Waals surface area contributed by atoms with E-state index in [1.54, 1.807) is 9.58 Å². The highest BCUT2D eigenvalue weighted by Crippen LogP contribution is 2.33. The molecule has 30 heavy (non-hydrogen) atoms. The van der Waals surface area contributed by atoms with Crippen LogP contribution in [0, 0.1) is 13.8 Å². The van der Waals surface area contributed by atoms with Crippen molar-refractivity contribution < 1.29 is 19.1 Å². The predicted molar refractivity (Wildman–Crippen MR) is 113 cm³/mol. The average Bonchev–Trinajstić information content (AvgIpc) is 3.10. The number of carbonyl (C=O) groups is 2. The van der Waals surface area contributed by atoms with Crippen LogP contribution < -0.4 is 10.6 Å². The lowest BCUT2D eigenvalue weighted by Crippen LogP contribution is -2.44. The number of primary amides is 1. The topological polar surface area (TPSA) is 103 Å². The third-order valence-electron chi connectivity index (χ3n) is 5.23. The van der Waals surface area contributed by atoms with Crippen molar-refractivity contribution in [2.75, 3.05) is 32.2 Å². The van der Waals surface area contributed by atoms with Crippen molar-refractivity contribution in [2.24, 2.45) is 5.73 Å². The van der Waals surface area contributed by atoms with Crippen LogP contribution in [0.3, 0.4) is 0 Å². The van der Waals surface area contributed by atoms with Crippen molar-refractivity contribution in [1.29, 1.82) is 0 Å². The lowest BCUT2D eigenvalue weighted by Gasteiger charge is -2.28. The van der Waals surface area contributed by atoms with E-state index in [4.69, 9.17) is 31.9 Å². The quantitative estimate of drug-likeness (QED) is 0.530. The van der Waals surface area contributed by atoms with Crippen molar-refractivity contribution in [2.45, 2.75) is 33.1 Å². The molecule has 1 aliphatic heterocycles. The normalized spacial score (nSPS) is 13.5. The standard InChI is InChI=1S/C20H26ClN5O4/c1-12-7-14(8-13(2)18(12)21)26-19(25(20(22)28)10-17(29-3)30-4)15-9-24(11-27)6-5-16(15)23-26/h7-8,11,17H,5-6,9-10H2,1-4H3,(H2,22,28). The molecule has 1 aliphatic rings. The van der Waals surface area contributed by atoms with E-state index in [1.807, 2.05) is 26.0 Å². The molecule has 0 radical (unpaired) electrons. The summed E-state index contributed by atoms with van der Waals surface area (Å²) in [4.78, 5) is 26.9. The third kappa shape index (κ3) is 4.14. The number of carbonyl (C=O) groups excluding carboxylic acids is 2. The minimum Gasteiger partial charge on any atom is -0.354 e. The fourth-order valence-electron chi connectivity index (χ4n) is 3.65. The van der Waals surface area contributed by atoms with E-state index in [9.17, 15) is 9.59 Å². The number of benzene rings is 1. The molecular formula is C20H26ClN5O4. The Morgan fingerprint density at radius 2 is 1.97 bits per heavy atom. The average molecular weight is 436 g/mol. The molecule has 0 unspecified atom stereocenters. The number of hydrogen-bond acceptors (Lipinski definition) is 5. The van der Waals surface area contributed by atoms with Gasteiger partial charge in [0.15, 0.2) is 6.29 Å². The lowest BCUT2D eigenvalue weighted by atomic mass is 10.1. The van der Waals surface area contributed by atoms with Crippen LogP contribution in [0.5, 0.6) is 0 Å². The summed E-state index contributed by atoms with van der Waals surface area (Å²) in [6, 6.07) is 3.12. The van der Waals surface area contributed by atoms with Crippen LogP contribution in [-0.4, -0.2) is 60.7 Å². The number of aromatic nitrogens is 2. The van der Waals surface area contributed by atoms with Crippen LogP contribution in [0.4, 0.5) is 10.6 Å². The van der Waals surface area contributed by atoms with Crippen molar-refractivity contribution in [3.05, 3.63) is 39.5 Å². The summed E-state index contributed by atoms with van der Waals surface area (Å²) in [7, 11) is 2.97. The van der Waals surface area contributed by atoms with Gasteiger partial charge in [0, 0.05) is 37.8 Å². The van der Waals surface area contributed by atoms with Crippen LogP contribution in [0.2, 0.25) is 5.02 Å². The molecule has 162 valence electrons. The molecular weight excluding hydrogens is 410 g/mol.